The predicted octanol–water partition coefficient (Wildman–Crippen LogP) is 2.80. The zero-order chi connectivity index (χ0) is 34.8. The number of carbonyl (C=O) groups is 4. The molecule has 1 unspecified atom stereocenters. The SMILES string of the molecule is COC(=O)[C@@H]1CCCN1C(=O)c1nc2oc1C13c4ccccc4N[C@H]1Oc1ccc(cc13)C[C@H](NC(=O)[C@@H](O)C(C)C)C(=O)N[C@H]2C(C)C. The van der Waals surface area contributed by atoms with Crippen molar-refractivity contribution in [1.29, 1.82) is 0 Å². The molecule has 4 bridgehead atoms. The molecule has 1 saturated heterocycles. The summed E-state index contributed by atoms with van der Waals surface area (Å²) in [5.41, 5.74) is 1.85. The van der Waals surface area contributed by atoms with Crippen molar-refractivity contribution >= 4 is 29.4 Å². The number of anilines is 1. The molecule has 13 nitrogen and oxygen atoms in total. The molecular formula is C36H41N5O8. The molecule has 13 heteroatoms. The Kier molecular flexibility index (Phi) is 8.13. The molecule has 0 radical (unpaired) electrons. The lowest BCUT2D eigenvalue weighted by molar-refractivity contribution is -0.145. The van der Waals surface area contributed by atoms with Gasteiger partial charge in [-0.2, -0.15) is 0 Å². The third-order valence-corrected chi connectivity index (χ3v) is 10.1. The molecule has 7 rings (SSSR count). The smallest absolute Gasteiger partial charge is 0.328 e. The molecule has 49 heavy (non-hydrogen) atoms. The lowest BCUT2D eigenvalue weighted by Crippen LogP contribution is -2.52. The van der Waals surface area contributed by atoms with Gasteiger partial charge in [0.2, 0.25) is 17.7 Å². The Hall–Kier alpha value is -4.91. The van der Waals surface area contributed by atoms with Gasteiger partial charge in [-0.05, 0) is 47.9 Å². The number of hydrogen-bond acceptors (Lipinski definition) is 10. The second kappa shape index (κ2) is 12.2. The summed E-state index contributed by atoms with van der Waals surface area (Å²) >= 11 is 0. The van der Waals surface area contributed by atoms with Gasteiger partial charge >= 0.3 is 5.97 Å². The van der Waals surface area contributed by atoms with Crippen LogP contribution in [0.3, 0.4) is 0 Å². The van der Waals surface area contributed by atoms with E-state index in [1.165, 1.54) is 12.0 Å². The Labute approximate surface area is 283 Å². The van der Waals surface area contributed by atoms with Gasteiger partial charge < -0.3 is 39.8 Å². The molecule has 3 amide bonds. The second-order valence-corrected chi connectivity index (χ2v) is 13.9. The minimum atomic E-state index is -1.31. The fourth-order valence-electron chi connectivity index (χ4n) is 7.53. The van der Waals surface area contributed by atoms with E-state index in [0.29, 0.717) is 36.3 Å². The first-order chi connectivity index (χ1) is 23.4. The van der Waals surface area contributed by atoms with Gasteiger partial charge in [-0.25, -0.2) is 9.78 Å². The Morgan fingerprint density at radius 2 is 1.88 bits per heavy atom. The summed E-state index contributed by atoms with van der Waals surface area (Å²) < 4.78 is 18.4. The van der Waals surface area contributed by atoms with Crippen LogP contribution in [0.15, 0.2) is 46.9 Å². The first-order valence-corrected chi connectivity index (χ1v) is 16.8. The quantitative estimate of drug-likeness (QED) is 0.286. The molecule has 6 atom stereocenters. The van der Waals surface area contributed by atoms with E-state index in [4.69, 9.17) is 18.9 Å². The lowest BCUT2D eigenvalue weighted by atomic mass is 9.72. The lowest BCUT2D eigenvalue weighted by Gasteiger charge is -2.29. The van der Waals surface area contributed by atoms with Crippen LogP contribution >= 0.6 is 0 Å². The normalized spacial score (nSPS) is 25.7. The summed E-state index contributed by atoms with van der Waals surface area (Å²) in [7, 11) is 1.30. The summed E-state index contributed by atoms with van der Waals surface area (Å²) in [5.74, 6) is -1.88. The fraction of sp³-hybridized carbons (Fsp3) is 0.472. The molecule has 1 fully saturated rings. The number of aromatic nitrogens is 1. The maximum Gasteiger partial charge on any atom is 0.328 e. The number of hydrogen-bond donors (Lipinski definition) is 4. The molecule has 4 N–H and O–H groups in total. The molecule has 258 valence electrons. The van der Waals surface area contributed by atoms with Crippen molar-refractivity contribution in [2.75, 3.05) is 19.0 Å². The van der Waals surface area contributed by atoms with Gasteiger partial charge in [0.1, 0.15) is 35.4 Å². The summed E-state index contributed by atoms with van der Waals surface area (Å²) in [6, 6.07) is 10.6. The van der Waals surface area contributed by atoms with Gasteiger partial charge in [0.15, 0.2) is 17.7 Å². The van der Waals surface area contributed by atoms with Crippen molar-refractivity contribution in [3.05, 3.63) is 76.5 Å². The van der Waals surface area contributed by atoms with Crippen molar-refractivity contribution in [2.45, 2.75) is 82.8 Å². The standard InChI is InChI=1S/C36H41N5O8/c1-17(2)26-32-40-27(33(45)41-14-8-11-24(41)34(46)47-5)29(49-32)36-20-9-6-7-10-22(20)38-35(36)48-25-13-12-19(15-21(25)36)16-23(30(43)39-26)37-31(44)28(42)18(3)4/h6-7,9-10,12-13,15,17-18,23-24,26,28,35,38,42H,8,11,14,16H2,1-5H3,(H,37,44)(H,39,43)/t23-,24-,26-,28-,35-,36?/m0/s1. The summed E-state index contributed by atoms with van der Waals surface area (Å²) in [5, 5.41) is 19.8. The average molecular weight is 672 g/mol. The molecule has 3 aromatic rings. The van der Waals surface area contributed by atoms with Crippen LogP contribution in [0, 0.1) is 11.8 Å². The first kappa shape index (κ1) is 32.6. The number of aliphatic hydroxyl groups excluding tert-OH is 1. The number of para-hydroxylation sites is 1. The van der Waals surface area contributed by atoms with Crippen molar-refractivity contribution < 1.29 is 38.2 Å². The van der Waals surface area contributed by atoms with E-state index >= 15 is 0 Å². The van der Waals surface area contributed by atoms with Crippen LogP contribution in [0.2, 0.25) is 0 Å². The Morgan fingerprint density at radius 3 is 2.61 bits per heavy atom. The number of nitrogens with zero attached hydrogens (tertiary/aromatic N) is 2. The number of oxazole rings is 1. The van der Waals surface area contributed by atoms with Crippen molar-refractivity contribution in [3.8, 4) is 5.75 Å². The molecule has 4 aliphatic rings. The molecule has 0 aliphatic carbocycles. The molecule has 2 aromatic carbocycles. The van der Waals surface area contributed by atoms with Gasteiger partial charge in [-0.3, -0.25) is 14.4 Å². The van der Waals surface area contributed by atoms with Crippen molar-refractivity contribution in [3.63, 3.8) is 0 Å². The highest BCUT2D eigenvalue weighted by Gasteiger charge is 2.61. The summed E-state index contributed by atoms with van der Waals surface area (Å²) in [6.45, 7) is 7.55. The van der Waals surface area contributed by atoms with Crippen LogP contribution in [0.4, 0.5) is 5.69 Å². The van der Waals surface area contributed by atoms with Crippen LogP contribution in [0.25, 0.3) is 0 Å². The highest BCUT2D eigenvalue weighted by Crippen LogP contribution is 2.58. The fourth-order valence-corrected chi connectivity index (χ4v) is 7.53. The van der Waals surface area contributed by atoms with E-state index < -0.39 is 59.6 Å². The van der Waals surface area contributed by atoms with E-state index in [1.54, 1.807) is 13.8 Å². The van der Waals surface area contributed by atoms with Crippen molar-refractivity contribution in [2.24, 2.45) is 11.8 Å². The molecule has 4 aliphatic heterocycles. The minimum absolute atomic E-state index is 0.0141. The first-order valence-electron chi connectivity index (χ1n) is 16.8. The highest BCUT2D eigenvalue weighted by molar-refractivity contribution is 5.98. The van der Waals surface area contributed by atoms with Gasteiger partial charge in [0, 0.05) is 24.2 Å². The Morgan fingerprint density at radius 1 is 1.10 bits per heavy atom. The van der Waals surface area contributed by atoms with E-state index in [1.807, 2.05) is 56.3 Å². The third-order valence-electron chi connectivity index (χ3n) is 10.1. The molecule has 0 saturated carbocycles. The zero-order valence-electron chi connectivity index (χ0n) is 28.1. The number of aliphatic hydroxyl groups is 1. The number of methoxy groups -OCH3 is 1. The van der Waals surface area contributed by atoms with E-state index in [2.05, 4.69) is 16.0 Å². The Bertz CT molecular complexity index is 1840. The van der Waals surface area contributed by atoms with Crippen LogP contribution in [-0.4, -0.2) is 76.8 Å². The summed E-state index contributed by atoms with van der Waals surface area (Å²) in [4.78, 5) is 60.8. The molecule has 1 spiro atoms. The monoisotopic (exact) mass is 671 g/mol. The van der Waals surface area contributed by atoms with Crippen LogP contribution in [0.1, 0.15) is 85.4 Å². The van der Waals surface area contributed by atoms with Gasteiger partial charge in [-0.1, -0.05) is 58.0 Å². The summed E-state index contributed by atoms with van der Waals surface area (Å²) in [6.07, 6.45) is -0.847. The number of esters is 1. The number of fused-ring (bicyclic) bond motifs is 4. The highest BCUT2D eigenvalue weighted by atomic mass is 16.5. The van der Waals surface area contributed by atoms with E-state index in [9.17, 15) is 24.3 Å². The maximum atomic E-state index is 14.6. The number of ether oxygens (including phenoxy) is 2. The van der Waals surface area contributed by atoms with Gasteiger partial charge in [0.25, 0.3) is 5.91 Å². The van der Waals surface area contributed by atoms with Crippen LogP contribution in [0.5, 0.6) is 5.75 Å². The molecule has 1 aromatic heterocycles. The average Bonchev–Trinajstić information content (AvgIpc) is 3.86. The minimum Gasteiger partial charge on any atom is -0.469 e. The van der Waals surface area contributed by atoms with E-state index in [-0.39, 0.29) is 35.6 Å². The third kappa shape index (κ3) is 5.13. The molecule has 5 heterocycles. The number of benzene rings is 2. The predicted molar refractivity (Wildman–Crippen MR) is 176 cm³/mol. The Balaban J connectivity index is 1.45. The van der Waals surface area contributed by atoms with Crippen molar-refractivity contribution in [1.82, 2.24) is 20.5 Å². The topological polar surface area (TPSA) is 172 Å². The van der Waals surface area contributed by atoms with E-state index in [0.717, 1.165) is 11.3 Å². The number of amides is 3. The number of nitrogens with one attached hydrogen (secondary N) is 3. The van der Waals surface area contributed by atoms with Gasteiger partial charge in [0.05, 0.1) is 7.11 Å². The zero-order valence-corrected chi connectivity index (χ0v) is 28.1. The maximum absolute atomic E-state index is 14.6. The second-order valence-electron chi connectivity index (χ2n) is 13.9. The van der Waals surface area contributed by atoms with Gasteiger partial charge in [-0.15, -0.1) is 0 Å². The number of rotatable bonds is 6. The number of likely N-dealkylation sites (tertiary alicyclic amines) is 1. The van der Waals surface area contributed by atoms with Crippen LogP contribution < -0.4 is 20.7 Å². The number of carbonyl (C=O) groups excluding carboxylic acids is 4. The van der Waals surface area contributed by atoms with Crippen LogP contribution in [-0.2, 0) is 31.0 Å². The molecular weight excluding hydrogens is 630 g/mol. The largest absolute Gasteiger partial charge is 0.469 e.